The number of benzene rings is 1. The fourth-order valence-electron chi connectivity index (χ4n) is 2.10. The monoisotopic (exact) mass is 295 g/mol. The summed E-state index contributed by atoms with van der Waals surface area (Å²) in [6.45, 7) is 1.91. The summed E-state index contributed by atoms with van der Waals surface area (Å²) < 4.78 is 19.2. The van der Waals surface area contributed by atoms with Crippen LogP contribution >= 0.6 is 11.6 Å². The van der Waals surface area contributed by atoms with Crippen molar-refractivity contribution in [3.05, 3.63) is 58.0 Å². The third kappa shape index (κ3) is 2.90. The van der Waals surface area contributed by atoms with Gasteiger partial charge in [0.25, 0.3) is 0 Å². The molecule has 0 spiro atoms. The van der Waals surface area contributed by atoms with E-state index >= 15 is 0 Å². The third-order valence-corrected chi connectivity index (χ3v) is 3.17. The molecule has 0 saturated heterocycles. The van der Waals surface area contributed by atoms with E-state index in [0.29, 0.717) is 10.6 Å². The molecule has 4 nitrogen and oxygen atoms in total. The molecular weight excluding hydrogens is 281 g/mol. The number of pyridine rings is 1. The summed E-state index contributed by atoms with van der Waals surface area (Å²) in [5, 5.41) is 0.571. The second kappa shape index (κ2) is 6.17. The van der Waals surface area contributed by atoms with Crippen molar-refractivity contribution in [2.45, 2.75) is 13.0 Å². The predicted octanol–water partition coefficient (Wildman–Crippen LogP) is 2.74. The molecular formula is C14H15ClFN3O. The molecule has 0 saturated carbocycles. The molecule has 1 heterocycles. The Hall–Kier alpha value is -1.69. The first-order chi connectivity index (χ1) is 9.56. The van der Waals surface area contributed by atoms with Gasteiger partial charge in [-0.25, -0.2) is 14.8 Å². The Balaban J connectivity index is 2.52. The Morgan fingerprint density at radius 3 is 2.75 bits per heavy atom. The standard InChI is InChI=1S/C14H15ClFN3O/c1-8-5-9(7-10(15)6-8)13(19-17)11-3-4-18-14(20-2)12(11)16/h3-7,13,19H,17H2,1-2H3. The summed E-state index contributed by atoms with van der Waals surface area (Å²) in [5.74, 6) is 4.96. The van der Waals surface area contributed by atoms with Crippen LogP contribution in [0.5, 0.6) is 5.88 Å². The minimum atomic E-state index is -0.546. The van der Waals surface area contributed by atoms with Crippen LogP contribution in [-0.2, 0) is 0 Å². The number of hydrogen-bond acceptors (Lipinski definition) is 4. The summed E-state index contributed by atoms with van der Waals surface area (Å²) in [6.07, 6.45) is 1.47. The Bertz CT molecular complexity index is 601. The lowest BCUT2D eigenvalue weighted by Gasteiger charge is -2.19. The van der Waals surface area contributed by atoms with Gasteiger partial charge in [-0.2, -0.15) is 0 Å². The number of hydrogen-bond donors (Lipinski definition) is 2. The molecule has 3 N–H and O–H groups in total. The summed E-state index contributed by atoms with van der Waals surface area (Å²) in [4.78, 5) is 3.81. The van der Waals surface area contributed by atoms with Crippen LogP contribution in [0.25, 0.3) is 0 Å². The van der Waals surface area contributed by atoms with E-state index in [1.807, 2.05) is 19.1 Å². The van der Waals surface area contributed by atoms with E-state index < -0.39 is 11.9 Å². The molecule has 0 aliphatic carbocycles. The molecule has 6 heteroatoms. The Kier molecular flexibility index (Phi) is 4.54. The Labute approximate surface area is 121 Å². The smallest absolute Gasteiger partial charge is 0.250 e. The molecule has 1 aromatic heterocycles. The number of aromatic nitrogens is 1. The van der Waals surface area contributed by atoms with Gasteiger partial charge in [0.1, 0.15) is 0 Å². The second-order valence-corrected chi connectivity index (χ2v) is 4.82. The Morgan fingerprint density at radius 1 is 1.40 bits per heavy atom. The largest absolute Gasteiger partial charge is 0.479 e. The number of nitrogens with two attached hydrogens (primary N) is 1. The van der Waals surface area contributed by atoms with Crippen LogP contribution in [-0.4, -0.2) is 12.1 Å². The summed E-state index contributed by atoms with van der Waals surface area (Å²) in [6, 6.07) is 6.47. The number of nitrogens with zero attached hydrogens (tertiary/aromatic N) is 1. The van der Waals surface area contributed by atoms with E-state index in [2.05, 4.69) is 10.4 Å². The van der Waals surface area contributed by atoms with Crippen LogP contribution in [0.4, 0.5) is 4.39 Å². The molecule has 0 aliphatic rings. The predicted molar refractivity (Wildman–Crippen MR) is 76.1 cm³/mol. The molecule has 0 fully saturated rings. The van der Waals surface area contributed by atoms with Gasteiger partial charge in [0.05, 0.1) is 13.2 Å². The number of ether oxygens (including phenoxy) is 1. The molecule has 2 aromatic rings. The molecule has 106 valence electrons. The molecule has 1 atom stereocenters. The lowest BCUT2D eigenvalue weighted by molar-refractivity contribution is 0.364. The van der Waals surface area contributed by atoms with E-state index in [4.69, 9.17) is 22.2 Å². The number of halogens is 2. The summed E-state index contributed by atoms with van der Waals surface area (Å²) >= 11 is 6.04. The van der Waals surface area contributed by atoms with Crippen molar-refractivity contribution in [3.8, 4) is 5.88 Å². The van der Waals surface area contributed by atoms with Crippen LogP contribution in [0.3, 0.4) is 0 Å². The van der Waals surface area contributed by atoms with Crippen LogP contribution in [0, 0.1) is 12.7 Å². The van der Waals surface area contributed by atoms with Gasteiger partial charge >= 0.3 is 0 Å². The van der Waals surface area contributed by atoms with E-state index in [-0.39, 0.29) is 5.88 Å². The molecule has 1 unspecified atom stereocenters. The first-order valence-corrected chi connectivity index (χ1v) is 6.36. The van der Waals surface area contributed by atoms with Crippen LogP contribution < -0.4 is 16.0 Å². The minimum Gasteiger partial charge on any atom is -0.479 e. The molecule has 1 aromatic carbocycles. The van der Waals surface area contributed by atoms with Crippen molar-refractivity contribution in [1.29, 1.82) is 0 Å². The van der Waals surface area contributed by atoms with Gasteiger partial charge in [-0.3, -0.25) is 5.84 Å². The zero-order valence-electron chi connectivity index (χ0n) is 11.2. The first-order valence-electron chi connectivity index (χ1n) is 5.98. The SMILES string of the molecule is COc1nccc(C(NN)c2cc(C)cc(Cl)c2)c1F. The van der Waals surface area contributed by atoms with Crippen molar-refractivity contribution in [3.63, 3.8) is 0 Å². The number of rotatable bonds is 4. The number of methoxy groups -OCH3 is 1. The van der Waals surface area contributed by atoms with Gasteiger partial charge in [-0.05, 0) is 36.2 Å². The van der Waals surface area contributed by atoms with Crippen LogP contribution in [0.2, 0.25) is 5.02 Å². The quantitative estimate of drug-likeness (QED) is 0.672. The third-order valence-electron chi connectivity index (χ3n) is 2.96. The van der Waals surface area contributed by atoms with Crippen molar-refractivity contribution in [2.75, 3.05) is 7.11 Å². The maximum Gasteiger partial charge on any atom is 0.250 e. The van der Waals surface area contributed by atoms with E-state index in [0.717, 1.165) is 11.1 Å². The molecule has 0 radical (unpaired) electrons. The first kappa shape index (κ1) is 14.7. The number of nitrogens with one attached hydrogen (secondary N) is 1. The molecule has 0 bridgehead atoms. The topological polar surface area (TPSA) is 60.2 Å². The zero-order chi connectivity index (χ0) is 14.7. The normalized spacial score (nSPS) is 12.2. The Morgan fingerprint density at radius 2 is 2.15 bits per heavy atom. The number of aryl methyl sites for hydroxylation is 1. The van der Waals surface area contributed by atoms with Crippen molar-refractivity contribution in [2.24, 2.45) is 5.84 Å². The van der Waals surface area contributed by atoms with Gasteiger partial charge < -0.3 is 4.74 Å². The minimum absolute atomic E-state index is 0.0681. The highest BCUT2D eigenvalue weighted by atomic mass is 35.5. The van der Waals surface area contributed by atoms with E-state index in [9.17, 15) is 4.39 Å². The maximum absolute atomic E-state index is 14.3. The number of hydrazine groups is 1. The molecule has 2 rings (SSSR count). The molecule has 0 aliphatic heterocycles. The summed E-state index contributed by atoms with van der Waals surface area (Å²) in [7, 11) is 1.36. The van der Waals surface area contributed by atoms with Crippen LogP contribution in [0.15, 0.2) is 30.5 Å². The lowest BCUT2D eigenvalue weighted by Crippen LogP contribution is -2.29. The van der Waals surface area contributed by atoms with Crippen molar-refractivity contribution < 1.29 is 9.13 Å². The lowest BCUT2D eigenvalue weighted by atomic mass is 9.98. The van der Waals surface area contributed by atoms with Gasteiger partial charge in [0.15, 0.2) is 5.82 Å². The van der Waals surface area contributed by atoms with Gasteiger partial charge in [-0.1, -0.05) is 17.7 Å². The van der Waals surface area contributed by atoms with Gasteiger partial charge in [0.2, 0.25) is 5.88 Å². The highest BCUT2D eigenvalue weighted by Gasteiger charge is 2.20. The van der Waals surface area contributed by atoms with E-state index in [1.165, 1.54) is 13.3 Å². The molecule has 20 heavy (non-hydrogen) atoms. The van der Waals surface area contributed by atoms with Crippen LogP contribution in [0.1, 0.15) is 22.7 Å². The zero-order valence-corrected chi connectivity index (χ0v) is 11.9. The second-order valence-electron chi connectivity index (χ2n) is 4.39. The fourth-order valence-corrected chi connectivity index (χ4v) is 2.40. The van der Waals surface area contributed by atoms with Gasteiger partial charge in [0, 0.05) is 16.8 Å². The fraction of sp³-hybridized carbons (Fsp3) is 0.214. The maximum atomic E-state index is 14.3. The van der Waals surface area contributed by atoms with Gasteiger partial charge in [-0.15, -0.1) is 0 Å². The summed E-state index contributed by atoms with van der Waals surface area (Å²) in [5.41, 5.74) is 4.68. The average Bonchev–Trinajstić information content (AvgIpc) is 2.40. The van der Waals surface area contributed by atoms with Crippen molar-refractivity contribution in [1.82, 2.24) is 10.4 Å². The average molecular weight is 296 g/mol. The van der Waals surface area contributed by atoms with Crippen molar-refractivity contribution >= 4 is 11.6 Å². The molecule has 0 amide bonds. The highest BCUT2D eigenvalue weighted by molar-refractivity contribution is 6.30. The highest BCUT2D eigenvalue weighted by Crippen LogP contribution is 2.29. The van der Waals surface area contributed by atoms with E-state index in [1.54, 1.807) is 12.1 Å².